The molecular formula is C28H27ClN2O5. The van der Waals surface area contributed by atoms with Crippen LogP contribution in [0.2, 0.25) is 5.02 Å². The van der Waals surface area contributed by atoms with Gasteiger partial charge in [0.15, 0.2) is 0 Å². The zero-order valence-corrected chi connectivity index (χ0v) is 21.2. The van der Waals surface area contributed by atoms with Crippen LogP contribution in [0.3, 0.4) is 0 Å². The van der Waals surface area contributed by atoms with E-state index in [9.17, 15) is 14.7 Å². The molecule has 1 aliphatic rings. The molecule has 0 spiro atoms. The van der Waals surface area contributed by atoms with Gasteiger partial charge in [0.05, 0.1) is 30.4 Å². The number of methoxy groups -OCH3 is 1. The molecule has 0 aliphatic carbocycles. The van der Waals surface area contributed by atoms with E-state index in [0.717, 1.165) is 5.69 Å². The highest BCUT2D eigenvalue weighted by molar-refractivity contribution is 6.52. The highest BCUT2D eigenvalue weighted by Gasteiger charge is 2.47. The lowest BCUT2D eigenvalue weighted by Crippen LogP contribution is -2.29. The van der Waals surface area contributed by atoms with Crippen LogP contribution in [0.4, 0.5) is 11.4 Å². The van der Waals surface area contributed by atoms with Gasteiger partial charge in [0.2, 0.25) is 0 Å². The zero-order valence-electron chi connectivity index (χ0n) is 20.5. The number of carbonyl (C=O) groups is 2. The summed E-state index contributed by atoms with van der Waals surface area (Å²) in [5, 5.41) is 11.6. The first-order valence-corrected chi connectivity index (χ1v) is 11.8. The highest BCUT2D eigenvalue weighted by Crippen LogP contribution is 2.44. The lowest BCUT2D eigenvalue weighted by atomic mass is 9.94. The minimum absolute atomic E-state index is 0.0606. The number of nitrogens with zero attached hydrogens (tertiary/aromatic N) is 2. The van der Waals surface area contributed by atoms with E-state index in [1.54, 1.807) is 36.4 Å². The van der Waals surface area contributed by atoms with Crippen LogP contribution in [0.15, 0.2) is 72.3 Å². The van der Waals surface area contributed by atoms with E-state index in [2.05, 4.69) is 0 Å². The quantitative estimate of drug-likeness (QED) is 0.261. The fourth-order valence-corrected chi connectivity index (χ4v) is 4.42. The van der Waals surface area contributed by atoms with E-state index < -0.39 is 17.7 Å². The molecule has 0 bridgehead atoms. The predicted octanol–water partition coefficient (Wildman–Crippen LogP) is 5.44. The summed E-state index contributed by atoms with van der Waals surface area (Å²) in [4.78, 5) is 30.2. The van der Waals surface area contributed by atoms with Crippen molar-refractivity contribution in [1.29, 1.82) is 0 Å². The number of hydrogen-bond acceptors (Lipinski definition) is 6. The average Bonchev–Trinajstić information content (AvgIpc) is 3.14. The molecule has 3 aromatic carbocycles. The third-order valence-corrected chi connectivity index (χ3v) is 6.33. The number of Topliss-reactive ketones (excluding diaryl/α,β-unsaturated/α-hetero) is 1. The standard InChI is InChI=1S/C28H27ClN2O5/c1-5-36-21-8-6-7-19(15-21)31-25(17-9-11-18(12-10-17)30(2)3)24(27(33)28(31)34)26(32)22-16-20(35-4)13-14-23(22)29/h6-16,25,32H,5H2,1-4H3/b26-24+. The summed E-state index contributed by atoms with van der Waals surface area (Å²) >= 11 is 6.39. The van der Waals surface area contributed by atoms with Gasteiger partial charge in [0, 0.05) is 37.1 Å². The van der Waals surface area contributed by atoms with Crippen LogP contribution in [0, 0.1) is 0 Å². The largest absolute Gasteiger partial charge is 0.507 e. The fraction of sp³-hybridized carbons (Fsp3) is 0.214. The van der Waals surface area contributed by atoms with Crippen molar-refractivity contribution in [1.82, 2.24) is 0 Å². The van der Waals surface area contributed by atoms with Crippen molar-refractivity contribution in [3.63, 3.8) is 0 Å². The van der Waals surface area contributed by atoms with E-state index in [4.69, 9.17) is 21.1 Å². The van der Waals surface area contributed by atoms with Crippen molar-refractivity contribution >= 4 is 40.4 Å². The Hall–Kier alpha value is -3.97. The number of anilines is 2. The van der Waals surface area contributed by atoms with E-state index in [1.165, 1.54) is 18.1 Å². The Morgan fingerprint density at radius 3 is 2.39 bits per heavy atom. The number of ether oxygens (including phenoxy) is 2. The highest BCUT2D eigenvalue weighted by atomic mass is 35.5. The Bertz CT molecular complexity index is 1330. The first kappa shape index (κ1) is 25.1. The van der Waals surface area contributed by atoms with Gasteiger partial charge in [-0.25, -0.2) is 0 Å². The molecular weight excluding hydrogens is 480 g/mol. The average molecular weight is 507 g/mol. The molecule has 8 heteroatoms. The molecule has 1 aliphatic heterocycles. The Balaban J connectivity index is 1.94. The summed E-state index contributed by atoms with van der Waals surface area (Å²) in [6.45, 7) is 2.31. The van der Waals surface area contributed by atoms with Crippen molar-refractivity contribution < 1.29 is 24.2 Å². The number of carbonyl (C=O) groups excluding carboxylic acids is 2. The maximum absolute atomic E-state index is 13.4. The van der Waals surface area contributed by atoms with E-state index in [0.29, 0.717) is 29.4 Å². The van der Waals surface area contributed by atoms with Crippen LogP contribution in [-0.4, -0.2) is 44.6 Å². The molecule has 1 atom stereocenters. The molecule has 186 valence electrons. The number of ketones is 1. The topological polar surface area (TPSA) is 79.3 Å². The molecule has 3 aromatic rings. The number of aliphatic hydroxyl groups is 1. The number of amides is 1. The number of aliphatic hydroxyl groups excluding tert-OH is 1. The molecule has 0 radical (unpaired) electrons. The van der Waals surface area contributed by atoms with E-state index in [1.807, 2.05) is 50.2 Å². The predicted molar refractivity (Wildman–Crippen MR) is 141 cm³/mol. The van der Waals surface area contributed by atoms with Crippen LogP contribution in [0.5, 0.6) is 11.5 Å². The first-order chi connectivity index (χ1) is 17.3. The Kier molecular flexibility index (Phi) is 7.22. The Labute approximate surface area is 215 Å². The molecule has 1 heterocycles. The fourth-order valence-electron chi connectivity index (χ4n) is 4.22. The van der Waals surface area contributed by atoms with Gasteiger partial charge >= 0.3 is 0 Å². The molecule has 1 N–H and O–H groups in total. The molecule has 1 fully saturated rings. The van der Waals surface area contributed by atoms with Gasteiger partial charge in [-0.05, 0) is 55.0 Å². The molecule has 0 aromatic heterocycles. The van der Waals surface area contributed by atoms with Gasteiger partial charge in [-0.3, -0.25) is 14.5 Å². The molecule has 7 nitrogen and oxygen atoms in total. The summed E-state index contributed by atoms with van der Waals surface area (Å²) in [5.41, 5.74) is 2.22. The summed E-state index contributed by atoms with van der Waals surface area (Å²) in [5.74, 6) is -0.927. The van der Waals surface area contributed by atoms with Gasteiger partial charge < -0.3 is 19.5 Å². The summed E-state index contributed by atoms with van der Waals surface area (Å²) < 4.78 is 10.9. The molecule has 4 rings (SSSR count). The SMILES string of the molecule is CCOc1cccc(N2C(=O)C(=O)/C(=C(/O)c3cc(OC)ccc3Cl)C2c2ccc(N(C)C)cc2)c1. The molecule has 1 saturated heterocycles. The smallest absolute Gasteiger partial charge is 0.300 e. The van der Waals surface area contributed by atoms with Gasteiger partial charge in [-0.2, -0.15) is 0 Å². The van der Waals surface area contributed by atoms with Gasteiger partial charge in [0.1, 0.15) is 17.3 Å². The van der Waals surface area contributed by atoms with Crippen molar-refractivity contribution in [3.8, 4) is 11.5 Å². The Morgan fingerprint density at radius 1 is 1.03 bits per heavy atom. The van der Waals surface area contributed by atoms with Crippen molar-refractivity contribution in [2.45, 2.75) is 13.0 Å². The summed E-state index contributed by atoms with van der Waals surface area (Å²) in [6.07, 6.45) is 0. The lowest BCUT2D eigenvalue weighted by molar-refractivity contribution is -0.132. The number of hydrogen-bond donors (Lipinski definition) is 1. The Morgan fingerprint density at radius 2 is 1.75 bits per heavy atom. The third kappa shape index (κ3) is 4.62. The van der Waals surface area contributed by atoms with Crippen LogP contribution in [0.25, 0.3) is 5.76 Å². The van der Waals surface area contributed by atoms with Gasteiger partial charge in [0.25, 0.3) is 11.7 Å². The van der Waals surface area contributed by atoms with Gasteiger partial charge in [-0.1, -0.05) is 29.8 Å². The van der Waals surface area contributed by atoms with E-state index in [-0.39, 0.29) is 21.9 Å². The molecule has 1 unspecified atom stereocenters. The molecule has 36 heavy (non-hydrogen) atoms. The van der Waals surface area contributed by atoms with Crippen LogP contribution < -0.4 is 19.3 Å². The summed E-state index contributed by atoms with van der Waals surface area (Å²) in [6, 6.07) is 18.3. The van der Waals surface area contributed by atoms with Gasteiger partial charge in [-0.15, -0.1) is 0 Å². The maximum Gasteiger partial charge on any atom is 0.300 e. The first-order valence-electron chi connectivity index (χ1n) is 11.4. The second-order valence-corrected chi connectivity index (χ2v) is 8.84. The second kappa shape index (κ2) is 10.3. The van der Waals surface area contributed by atoms with Crippen molar-refractivity contribution in [2.75, 3.05) is 37.6 Å². The maximum atomic E-state index is 13.4. The monoisotopic (exact) mass is 506 g/mol. The summed E-state index contributed by atoms with van der Waals surface area (Å²) in [7, 11) is 5.33. The lowest BCUT2D eigenvalue weighted by Gasteiger charge is -2.26. The number of benzene rings is 3. The number of halogens is 1. The minimum Gasteiger partial charge on any atom is -0.507 e. The normalized spacial score (nSPS) is 16.8. The molecule has 0 saturated carbocycles. The van der Waals surface area contributed by atoms with Crippen molar-refractivity contribution in [3.05, 3.63) is 88.5 Å². The number of rotatable bonds is 7. The molecule has 1 amide bonds. The third-order valence-electron chi connectivity index (χ3n) is 6.01. The minimum atomic E-state index is -0.889. The van der Waals surface area contributed by atoms with Crippen LogP contribution in [-0.2, 0) is 9.59 Å². The zero-order chi connectivity index (χ0) is 26.0. The van der Waals surface area contributed by atoms with Crippen molar-refractivity contribution in [2.24, 2.45) is 0 Å². The second-order valence-electron chi connectivity index (χ2n) is 8.43. The van der Waals surface area contributed by atoms with E-state index >= 15 is 0 Å². The van der Waals surface area contributed by atoms with Crippen LogP contribution in [0.1, 0.15) is 24.1 Å². The van der Waals surface area contributed by atoms with Crippen LogP contribution >= 0.6 is 11.6 Å².